The monoisotopic (exact) mass is 363 g/mol. The molecule has 1 aliphatic rings. The molecule has 0 aliphatic carbocycles. The Morgan fingerprint density at radius 1 is 1.00 bits per heavy atom. The molecule has 136 valence electrons. The molecule has 3 heterocycles. The number of pyridine rings is 1. The number of hydrogen-bond donors (Lipinski definition) is 2. The number of ether oxygens (including phenoxy) is 2. The fourth-order valence-electron chi connectivity index (χ4n) is 2.53. The number of nitrogens with one attached hydrogen (secondary N) is 2. The van der Waals surface area contributed by atoms with Crippen molar-refractivity contribution in [3.8, 4) is 11.5 Å². The highest BCUT2D eigenvalue weighted by Gasteiger charge is 2.14. The van der Waals surface area contributed by atoms with Crippen LogP contribution in [0.2, 0.25) is 0 Å². The highest BCUT2D eigenvalue weighted by atomic mass is 16.6. The van der Waals surface area contributed by atoms with Gasteiger partial charge in [0.05, 0.1) is 17.8 Å². The summed E-state index contributed by atoms with van der Waals surface area (Å²) in [7, 11) is 0. The molecule has 27 heavy (non-hydrogen) atoms. The number of aromatic nitrogens is 3. The molecule has 2 aromatic heterocycles. The highest BCUT2D eigenvalue weighted by Crippen LogP contribution is 2.32. The summed E-state index contributed by atoms with van der Waals surface area (Å²) in [6.45, 7) is 1.52. The zero-order valence-corrected chi connectivity index (χ0v) is 14.4. The van der Waals surface area contributed by atoms with Gasteiger partial charge in [-0.05, 0) is 24.3 Å². The van der Waals surface area contributed by atoms with Crippen molar-refractivity contribution < 1.29 is 14.3 Å². The summed E-state index contributed by atoms with van der Waals surface area (Å²) in [5.74, 6) is 1.41. The van der Waals surface area contributed by atoms with Gasteiger partial charge in [0.1, 0.15) is 13.2 Å². The van der Waals surface area contributed by atoms with Crippen molar-refractivity contribution in [2.75, 3.05) is 23.8 Å². The molecule has 4 rings (SSSR count). The zero-order valence-electron chi connectivity index (χ0n) is 14.4. The molecule has 1 aromatic carbocycles. The lowest BCUT2D eigenvalue weighted by atomic mass is 10.2. The highest BCUT2D eigenvalue weighted by molar-refractivity contribution is 6.04. The fourth-order valence-corrected chi connectivity index (χ4v) is 2.53. The molecular formula is C19H17N5O3. The number of carbonyl (C=O) groups is 1. The van der Waals surface area contributed by atoms with Crippen molar-refractivity contribution in [1.82, 2.24) is 15.0 Å². The van der Waals surface area contributed by atoms with Gasteiger partial charge in [0.2, 0.25) is 5.95 Å². The molecule has 2 N–H and O–H groups in total. The van der Waals surface area contributed by atoms with Gasteiger partial charge in [-0.2, -0.15) is 0 Å². The van der Waals surface area contributed by atoms with Gasteiger partial charge in [0, 0.05) is 30.3 Å². The summed E-state index contributed by atoms with van der Waals surface area (Å²) in [5, 5.41) is 5.86. The molecule has 1 amide bonds. The molecule has 0 saturated heterocycles. The molecule has 1 aliphatic heterocycles. The van der Waals surface area contributed by atoms with Crippen molar-refractivity contribution >= 4 is 17.5 Å². The lowest BCUT2D eigenvalue weighted by molar-refractivity contribution is 0.102. The molecule has 0 fully saturated rings. The summed E-state index contributed by atoms with van der Waals surface area (Å²) >= 11 is 0. The molecule has 0 unspecified atom stereocenters. The van der Waals surface area contributed by atoms with Gasteiger partial charge in [0.15, 0.2) is 11.5 Å². The van der Waals surface area contributed by atoms with Crippen LogP contribution in [0.5, 0.6) is 11.5 Å². The van der Waals surface area contributed by atoms with Gasteiger partial charge >= 0.3 is 0 Å². The number of amides is 1. The average molecular weight is 363 g/mol. The van der Waals surface area contributed by atoms with E-state index in [-0.39, 0.29) is 5.91 Å². The Morgan fingerprint density at radius 3 is 2.59 bits per heavy atom. The van der Waals surface area contributed by atoms with E-state index in [1.807, 2.05) is 18.2 Å². The van der Waals surface area contributed by atoms with E-state index in [9.17, 15) is 4.79 Å². The normalized spacial score (nSPS) is 12.3. The molecule has 0 bridgehead atoms. The number of fused-ring (bicyclic) bond motifs is 1. The number of benzene rings is 1. The minimum absolute atomic E-state index is 0.303. The third kappa shape index (κ3) is 4.12. The SMILES string of the molecule is O=C(Nc1ccc2c(c1)OCCO2)c1cnc(NCc2ccccn2)nc1. The molecular weight excluding hydrogens is 346 g/mol. The summed E-state index contributed by atoms with van der Waals surface area (Å²) in [6, 6.07) is 10.9. The maximum Gasteiger partial charge on any atom is 0.258 e. The maximum atomic E-state index is 12.4. The fraction of sp³-hybridized carbons (Fsp3) is 0.158. The van der Waals surface area contributed by atoms with Gasteiger partial charge < -0.3 is 20.1 Å². The smallest absolute Gasteiger partial charge is 0.258 e. The van der Waals surface area contributed by atoms with E-state index in [2.05, 4.69) is 25.6 Å². The van der Waals surface area contributed by atoms with Crippen LogP contribution in [0, 0.1) is 0 Å². The van der Waals surface area contributed by atoms with Gasteiger partial charge in [-0.25, -0.2) is 9.97 Å². The third-order valence-corrected chi connectivity index (χ3v) is 3.87. The topological polar surface area (TPSA) is 98.3 Å². The zero-order chi connectivity index (χ0) is 18.5. The lowest BCUT2D eigenvalue weighted by Crippen LogP contribution is -2.16. The van der Waals surface area contributed by atoms with E-state index in [1.54, 1.807) is 24.4 Å². The molecule has 0 atom stereocenters. The van der Waals surface area contributed by atoms with Gasteiger partial charge in [-0.3, -0.25) is 9.78 Å². The Hall–Kier alpha value is -3.68. The van der Waals surface area contributed by atoms with Crippen molar-refractivity contribution in [3.05, 3.63) is 66.2 Å². The van der Waals surface area contributed by atoms with Crippen molar-refractivity contribution in [1.29, 1.82) is 0 Å². The minimum Gasteiger partial charge on any atom is -0.486 e. The van der Waals surface area contributed by atoms with Crippen molar-refractivity contribution in [2.45, 2.75) is 6.54 Å². The van der Waals surface area contributed by atoms with Crippen LogP contribution in [0.25, 0.3) is 0 Å². The van der Waals surface area contributed by atoms with Gasteiger partial charge in [-0.1, -0.05) is 6.07 Å². The van der Waals surface area contributed by atoms with Gasteiger partial charge in [0.25, 0.3) is 5.91 Å². The van der Waals surface area contributed by atoms with Gasteiger partial charge in [-0.15, -0.1) is 0 Å². The number of hydrogen-bond acceptors (Lipinski definition) is 7. The standard InChI is InChI=1S/C19H17N5O3/c25-18(24-14-4-5-16-17(9-14)27-8-7-26-16)13-10-21-19(22-11-13)23-12-15-3-1-2-6-20-15/h1-6,9-11H,7-8,12H2,(H,24,25)(H,21,22,23). The predicted molar refractivity (Wildman–Crippen MR) is 99.0 cm³/mol. The van der Waals surface area contributed by atoms with E-state index in [4.69, 9.17) is 9.47 Å². The van der Waals surface area contributed by atoms with Crippen molar-refractivity contribution in [3.63, 3.8) is 0 Å². The van der Waals surface area contributed by atoms with E-state index in [0.717, 1.165) is 5.69 Å². The first kappa shape index (κ1) is 16.8. The molecule has 8 nitrogen and oxygen atoms in total. The Morgan fingerprint density at radius 2 is 1.81 bits per heavy atom. The number of carbonyl (C=O) groups excluding carboxylic acids is 1. The second-order valence-electron chi connectivity index (χ2n) is 5.78. The van der Waals surface area contributed by atoms with Crippen LogP contribution in [-0.2, 0) is 6.54 Å². The van der Waals surface area contributed by atoms with Crippen LogP contribution in [0.1, 0.15) is 16.1 Å². The van der Waals surface area contributed by atoms with E-state index in [0.29, 0.717) is 48.5 Å². The van der Waals surface area contributed by atoms with Crippen molar-refractivity contribution in [2.24, 2.45) is 0 Å². The Bertz CT molecular complexity index is 932. The van der Waals surface area contributed by atoms with Crippen LogP contribution in [-0.4, -0.2) is 34.1 Å². The molecule has 0 saturated carbocycles. The second-order valence-corrected chi connectivity index (χ2v) is 5.78. The van der Waals surface area contributed by atoms with Crippen LogP contribution in [0.15, 0.2) is 55.0 Å². The first-order valence-electron chi connectivity index (χ1n) is 8.45. The predicted octanol–water partition coefficient (Wildman–Crippen LogP) is 2.51. The summed E-state index contributed by atoms with van der Waals surface area (Å²) in [4.78, 5) is 24.9. The Labute approximate surface area is 155 Å². The molecule has 0 radical (unpaired) electrons. The van der Waals surface area contributed by atoms with E-state index < -0.39 is 0 Å². The first-order chi connectivity index (χ1) is 13.3. The molecule has 8 heteroatoms. The number of rotatable bonds is 5. The lowest BCUT2D eigenvalue weighted by Gasteiger charge is -2.19. The Balaban J connectivity index is 1.37. The quantitative estimate of drug-likeness (QED) is 0.719. The number of nitrogens with zero attached hydrogens (tertiary/aromatic N) is 3. The summed E-state index contributed by atoms with van der Waals surface area (Å²) < 4.78 is 11.0. The second kappa shape index (κ2) is 7.69. The maximum absolute atomic E-state index is 12.4. The molecule has 3 aromatic rings. The Kier molecular flexibility index (Phi) is 4.78. The average Bonchev–Trinajstić information content (AvgIpc) is 2.73. The third-order valence-electron chi connectivity index (χ3n) is 3.87. The molecule has 0 spiro atoms. The largest absolute Gasteiger partial charge is 0.486 e. The van der Waals surface area contributed by atoms with Crippen LogP contribution in [0.4, 0.5) is 11.6 Å². The summed E-state index contributed by atoms with van der Waals surface area (Å²) in [6.07, 6.45) is 4.67. The van der Waals surface area contributed by atoms with Crippen LogP contribution in [0.3, 0.4) is 0 Å². The van der Waals surface area contributed by atoms with Crippen LogP contribution < -0.4 is 20.1 Å². The minimum atomic E-state index is -0.303. The van der Waals surface area contributed by atoms with Crippen LogP contribution >= 0.6 is 0 Å². The van der Waals surface area contributed by atoms with E-state index >= 15 is 0 Å². The first-order valence-corrected chi connectivity index (χ1v) is 8.45. The summed E-state index contributed by atoms with van der Waals surface area (Å²) in [5.41, 5.74) is 1.84. The van der Waals surface area contributed by atoms with E-state index in [1.165, 1.54) is 12.4 Å². The number of anilines is 2.